The summed E-state index contributed by atoms with van der Waals surface area (Å²) in [6, 6.07) is 6.31. The number of hydrogen-bond donors (Lipinski definition) is 0. The highest BCUT2D eigenvalue weighted by Crippen LogP contribution is 2.33. The second-order valence-electron chi connectivity index (χ2n) is 6.01. The van der Waals surface area contributed by atoms with Crippen molar-refractivity contribution in [1.82, 2.24) is 0 Å². The van der Waals surface area contributed by atoms with E-state index in [1.54, 1.807) is 0 Å². The third-order valence-corrected chi connectivity index (χ3v) is 4.53. The lowest BCUT2D eigenvalue weighted by atomic mass is 9.79. The first kappa shape index (κ1) is 15.2. The smallest absolute Gasteiger partial charge is 0.168 e. The van der Waals surface area contributed by atoms with Gasteiger partial charge in [-0.2, -0.15) is 0 Å². The van der Waals surface area contributed by atoms with Crippen LogP contribution >= 0.6 is 0 Å². The van der Waals surface area contributed by atoms with Crippen molar-refractivity contribution in [3.8, 4) is 0 Å². The molecule has 0 saturated heterocycles. The minimum absolute atomic E-state index is 0.266. The summed E-state index contributed by atoms with van der Waals surface area (Å²) in [5, 5.41) is 0. The van der Waals surface area contributed by atoms with E-state index in [4.69, 9.17) is 4.74 Å². The van der Waals surface area contributed by atoms with Crippen molar-refractivity contribution < 1.29 is 9.53 Å². The second kappa shape index (κ2) is 6.53. The number of ether oxygens (including phenoxy) is 1. The molecule has 0 N–H and O–H groups in total. The molecule has 0 bridgehead atoms. The number of Topliss-reactive ketones (excluding diaryl/α,β-unsaturated/α-hetero) is 1. The molecule has 1 saturated carbocycles. The fraction of sp³-hybridized carbons (Fsp3) is 0.611. The molecular weight excluding hydrogens is 248 g/mol. The summed E-state index contributed by atoms with van der Waals surface area (Å²) in [6.07, 6.45) is 5.74. The molecule has 1 aliphatic carbocycles. The Bertz CT molecular complexity index is 465. The van der Waals surface area contributed by atoms with Crippen LogP contribution in [0.3, 0.4) is 0 Å². The zero-order chi connectivity index (χ0) is 14.6. The van der Waals surface area contributed by atoms with Gasteiger partial charge in [-0.3, -0.25) is 4.79 Å². The molecule has 2 rings (SSSR count). The van der Waals surface area contributed by atoms with Crippen molar-refractivity contribution in [1.29, 1.82) is 0 Å². The molecule has 20 heavy (non-hydrogen) atoms. The molecule has 0 spiro atoms. The van der Waals surface area contributed by atoms with E-state index < -0.39 is 5.60 Å². The Morgan fingerprint density at radius 1 is 1.15 bits per heavy atom. The zero-order valence-corrected chi connectivity index (χ0v) is 13.0. The standard InChI is InChI=1S/C18H26O2/c1-4-20-18(10-6-5-7-11-18)17(19)13-16-9-8-14(2)15(3)12-16/h8-9,12H,4-7,10-11,13H2,1-3H3. The van der Waals surface area contributed by atoms with Gasteiger partial charge in [-0.25, -0.2) is 0 Å². The summed E-state index contributed by atoms with van der Waals surface area (Å²) in [5.41, 5.74) is 3.14. The van der Waals surface area contributed by atoms with Gasteiger partial charge in [0.25, 0.3) is 0 Å². The van der Waals surface area contributed by atoms with E-state index in [0.717, 1.165) is 31.2 Å². The molecule has 1 aromatic carbocycles. The first-order valence-corrected chi connectivity index (χ1v) is 7.81. The minimum atomic E-state index is -0.508. The predicted molar refractivity (Wildman–Crippen MR) is 82.1 cm³/mol. The van der Waals surface area contributed by atoms with E-state index in [0.29, 0.717) is 13.0 Å². The fourth-order valence-electron chi connectivity index (χ4n) is 3.16. The lowest BCUT2D eigenvalue weighted by Crippen LogP contribution is -2.44. The molecule has 2 nitrogen and oxygen atoms in total. The minimum Gasteiger partial charge on any atom is -0.367 e. The zero-order valence-electron chi connectivity index (χ0n) is 13.0. The van der Waals surface area contributed by atoms with Crippen molar-refractivity contribution in [2.24, 2.45) is 0 Å². The van der Waals surface area contributed by atoms with Crippen LogP contribution in [-0.4, -0.2) is 18.0 Å². The second-order valence-corrected chi connectivity index (χ2v) is 6.01. The van der Waals surface area contributed by atoms with Crippen LogP contribution in [0.2, 0.25) is 0 Å². The highest BCUT2D eigenvalue weighted by atomic mass is 16.5. The Morgan fingerprint density at radius 3 is 2.45 bits per heavy atom. The number of rotatable bonds is 5. The van der Waals surface area contributed by atoms with Gasteiger partial charge in [-0.15, -0.1) is 0 Å². The first-order valence-electron chi connectivity index (χ1n) is 7.81. The molecule has 0 atom stereocenters. The van der Waals surface area contributed by atoms with Crippen molar-refractivity contribution in [2.45, 2.75) is 64.9 Å². The van der Waals surface area contributed by atoms with Crippen LogP contribution in [0.15, 0.2) is 18.2 Å². The quantitative estimate of drug-likeness (QED) is 0.806. The molecule has 0 amide bonds. The summed E-state index contributed by atoms with van der Waals surface area (Å²) < 4.78 is 5.91. The predicted octanol–water partition coefficient (Wildman–Crippen LogP) is 4.15. The molecule has 0 heterocycles. The molecule has 110 valence electrons. The molecule has 1 fully saturated rings. The van der Waals surface area contributed by atoms with Gasteiger partial charge in [0.05, 0.1) is 0 Å². The Hall–Kier alpha value is -1.15. The lowest BCUT2D eigenvalue weighted by molar-refractivity contribution is -0.148. The van der Waals surface area contributed by atoms with E-state index in [-0.39, 0.29) is 5.78 Å². The van der Waals surface area contributed by atoms with Crippen LogP contribution in [0.1, 0.15) is 55.7 Å². The van der Waals surface area contributed by atoms with E-state index in [2.05, 4.69) is 32.0 Å². The molecule has 1 aliphatic rings. The average molecular weight is 274 g/mol. The van der Waals surface area contributed by atoms with Crippen LogP contribution < -0.4 is 0 Å². The summed E-state index contributed by atoms with van der Waals surface area (Å²) in [7, 11) is 0. The maximum absolute atomic E-state index is 12.8. The van der Waals surface area contributed by atoms with Gasteiger partial charge in [0.15, 0.2) is 5.78 Å². The summed E-state index contributed by atoms with van der Waals surface area (Å²) in [6.45, 7) is 6.81. The van der Waals surface area contributed by atoms with Gasteiger partial charge in [0, 0.05) is 13.0 Å². The number of carbonyl (C=O) groups excluding carboxylic acids is 1. The topological polar surface area (TPSA) is 26.3 Å². The van der Waals surface area contributed by atoms with Gasteiger partial charge in [0.1, 0.15) is 5.60 Å². The molecule has 0 radical (unpaired) electrons. The van der Waals surface area contributed by atoms with Gasteiger partial charge in [-0.05, 0) is 50.3 Å². The van der Waals surface area contributed by atoms with E-state index in [1.165, 1.54) is 17.5 Å². The molecule has 2 heteroatoms. The maximum Gasteiger partial charge on any atom is 0.168 e. The monoisotopic (exact) mass is 274 g/mol. The Kier molecular flexibility index (Phi) is 4.98. The highest BCUT2D eigenvalue weighted by Gasteiger charge is 2.39. The van der Waals surface area contributed by atoms with Gasteiger partial charge < -0.3 is 4.74 Å². The van der Waals surface area contributed by atoms with Crippen LogP contribution in [0, 0.1) is 13.8 Å². The Morgan fingerprint density at radius 2 is 1.85 bits per heavy atom. The molecule has 0 aromatic heterocycles. The number of carbonyl (C=O) groups is 1. The van der Waals surface area contributed by atoms with E-state index in [1.807, 2.05) is 6.92 Å². The SMILES string of the molecule is CCOC1(C(=O)Cc2ccc(C)c(C)c2)CCCCC1. The van der Waals surface area contributed by atoms with Crippen LogP contribution in [0.5, 0.6) is 0 Å². The molecular formula is C18H26O2. The van der Waals surface area contributed by atoms with Crippen molar-refractivity contribution in [2.75, 3.05) is 6.61 Å². The third-order valence-electron chi connectivity index (χ3n) is 4.53. The summed E-state index contributed by atoms with van der Waals surface area (Å²) in [5.74, 6) is 0.266. The maximum atomic E-state index is 12.8. The number of aryl methyl sites for hydroxylation is 2. The lowest BCUT2D eigenvalue weighted by Gasteiger charge is -2.35. The van der Waals surface area contributed by atoms with Gasteiger partial charge in [0.2, 0.25) is 0 Å². The Labute approximate surface area is 122 Å². The van der Waals surface area contributed by atoms with Crippen molar-refractivity contribution in [3.63, 3.8) is 0 Å². The molecule has 1 aromatic rings. The van der Waals surface area contributed by atoms with E-state index in [9.17, 15) is 4.79 Å². The number of benzene rings is 1. The number of ketones is 1. The van der Waals surface area contributed by atoms with Gasteiger partial charge in [-0.1, -0.05) is 37.5 Å². The van der Waals surface area contributed by atoms with Crippen molar-refractivity contribution in [3.05, 3.63) is 34.9 Å². The first-order chi connectivity index (χ1) is 9.57. The highest BCUT2D eigenvalue weighted by molar-refractivity contribution is 5.89. The third kappa shape index (κ3) is 3.29. The van der Waals surface area contributed by atoms with E-state index >= 15 is 0 Å². The van der Waals surface area contributed by atoms with Crippen LogP contribution in [-0.2, 0) is 16.0 Å². The normalized spacial score (nSPS) is 17.9. The molecule has 0 unspecified atom stereocenters. The summed E-state index contributed by atoms with van der Waals surface area (Å²) >= 11 is 0. The average Bonchev–Trinajstić information content (AvgIpc) is 2.44. The fourth-order valence-corrected chi connectivity index (χ4v) is 3.16. The van der Waals surface area contributed by atoms with Crippen molar-refractivity contribution >= 4 is 5.78 Å². The van der Waals surface area contributed by atoms with Crippen LogP contribution in [0.4, 0.5) is 0 Å². The van der Waals surface area contributed by atoms with Gasteiger partial charge >= 0.3 is 0 Å². The number of hydrogen-bond acceptors (Lipinski definition) is 2. The van der Waals surface area contributed by atoms with Crippen LogP contribution in [0.25, 0.3) is 0 Å². The molecule has 0 aliphatic heterocycles. The largest absolute Gasteiger partial charge is 0.367 e. The Balaban J connectivity index is 2.13. The summed E-state index contributed by atoms with van der Waals surface area (Å²) in [4.78, 5) is 12.8.